The Kier molecular flexibility index (Phi) is 7.46. The van der Waals surface area contributed by atoms with Crippen molar-refractivity contribution in [2.45, 2.75) is 128 Å². The third-order valence-corrected chi connectivity index (χ3v) is 8.64. The second kappa shape index (κ2) is 10.1. The van der Waals surface area contributed by atoms with Gasteiger partial charge in [0.25, 0.3) is 0 Å². The molecule has 212 valence electrons. The van der Waals surface area contributed by atoms with Crippen LogP contribution in [-0.2, 0) is 39.8 Å². The van der Waals surface area contributed by atoms with E-state index < -0.39 is 53.7 Å². The molecule has 1 aromatic rings. The van der Waals surface area contributed by atoms with Crippen molar-refractivity contribution in [1.29, 1.82) is 0 Å². The standard InChI is InChI=1S/C30H44O8/c1-17(2)21-18(3)12-11-15-20(21)34-27(31)30(32)25(33-16-19-13-9-8-10-14-19)23-22(35-28(4,5)36-23)24-26(30)38-29(6,7)37-24/h8-10,13-14,17-18,20-26,32H,11-12,15-16H2,1-7H3/t18?,20?,21?,22-,23-,24+,25+,26+,30-/m1/s1. The lowest BCUT2D eigenvalue weighted by molar-refractivity contribution is -0.254. The number of aliphatic hydroxyl groups is 1. The second-order valence-electron chi connectivity index (χ2n) is 12.8. The molecule has 8 heteroatoms. The Hall–Kier alpha value is -1.55. The van der Waals surface area contributed by atoms with E-state index in [1.165, 1.54) is 0 Å². The monoisotopic (exact) mass is 532 g/mol. The van der Waals surface area contributed by atoms with Crippen molar-refractivity contribution in [3.8, 4) is 0 Å². The highest BCUT2D eigenvalue weighted by molar-refractivity contribution is 5.82. The van der Waals surface area contributed by atoms with Gasteiger partial charge in [-0.25, -0.2) is 4.79 Å². The fraction of sp³-hybridized carbons (Fsp3) is 0.767. The van der Waals surface area contributed by atoms with E-state index in [0.717, 1.165) is 24.8 Å². The van der Waals surface area contributed by atoms with Gasteiger partial charge < -0.3 is 33.5 Å². The first-order chi connectivity index (χ1) is 17.8. The summed E-state index contributed by atoms with van der Waals surface area (Å²) < 4.78 is 37.6. The smallest absolute Gasteiger partial charge is 0.344 e. The van der Waals surface area contributed by atoms with Gasteiger partial charge in [-0.05, 0) is 57.9 Å². The van der Waals surface area contributed by atoms with E-state index >= 15 is 0 Å². The Morgan fingerprint density at radius 3 is 2.29 bits per heavy atom. The van der Waals surface area contributed by atoms with Crippen LogP contribution in [0.2, 0.25) is 0 Å². The molecule has 5 rings (SSSR count). The fourth-order valence-electron chi connectivity index (χ4n) is 7.15. The SMILES string of the molecule is CC(C)C1C(C)CCCC1OC(=O)[C@@]1(O)[C@@H](OCc2ccccc2)[C@@H]2OC(C)(C)O[C@H]2[C@@H]2OC(C)(C)O[C@@H]21. The van der Waals surface area contributed by atoms with E-state index in [4.69, 9.17) is 28.4 Å². The Labute approximate surface area is 226 Å². The molecule has 1 N–H and O–H groups in total. The van der Waals surface area contributed by atoms with E-state index in [1.807, 2.05) is 44.2 Å². The molecule has 2 saturated heterocycles. The lowest BCUT2D eigenvalue weighted by Gasteiger charge is -2.48. The van der Waals surface area contributed by atoms with E-state index in [0.29, 0.717) is 11.8 Å². The quantitative estimate of drug-likeness (QED) is 0.541. The number of rotatable bonds is 6. The first-order valence-corrected chi connectivity index (χ1v) is 14.1. The third-order valence-electron chi connectivity index (χ3n) is 8.64. The summed E-state index contributed by atoms with van der Waals surface area (Å²) >= 11 is 0. The van der Waals surface area contributed by atoms with E-state index in [-0.39, 0.29) is 18.6 Å². The summed E-state index contributed by atoms with van der Waals surface area (Å²) in [5.41, 5.74) is -1.26. The van der Waals surface area contributed by atoms with Gasteiger partial charge >= 0.3 is 5.97 Å². The highest BCUT2D eigenvalue weighted by atomic mass is 16.8. The van der Waals surface area contributed by atoms with Crippen LogP contribution < -0.4 is 0 Å². The highest BCUT2D eigenvalue weighted by Crippen LogP contribution is 2.50. The first-order valence-electron chi connectivity index (χ1n) is 14.1. The summed E-state index contributed by atoms with van der Waals surface area (Å²) in [6.07, 6.45) is -1.71. The molecular formula is C30H44O8. The molecule has 9 atom stereocenters. The zero-order valence-electron chi connectivity index (χ0n) is 23.7. The molecule has 0 spiro atoms. The van der Waals surface area contributed by atoms with Crippen LogP contribution in [0.15, 0.2) is 30.3 Å². The number of carbonyl (C=O) groups excluding carboxylic acids is 1. The van der Waals surface area contributed by atoms with E-state index in [1.54, 1.807) is 13.8 Å². The van der Waals surface area contributed by atoms with Crippen molar-refractivity contribution in [2.24, 2.45) is 17.8 Å². The normalized spacial score (nSPS) is 41.5. The summed E-state index contributed by atoms with van der Waals surface area (Å²) in [6, 6.07) is 9.64. The zero-order chi connectivity index (χ0) is 27.5. The van der Waals surface area contributed by atoms with Crippen molar-refractivity contribution < 1.29 is 38.3 Å². The van der Waals surface area contributed by atoms with Gasteiger partial charge in [-0.15, -0.1) is 0 Å². The maximum absolute atomic E-state index is 14.2. The summed E-state index contributed by atoms with van der Waals surface area (Å²) in [6.45, 7) is 13.9. The van der Waals surface area contributed by atoms with Crippen LogP contribution in [-0.4, -0.2) is 64.9 Å². The number of hydrogen-bond donors (Lipinski definition) is 1. The Morgan fingerprint density at radius 2 is 1.61 bits per heavy atom. The molecular weight excluding hydrogens is 488 g/mol. The van der Waals surface area contributed by atoms with Crippen LogP contribution in [0.1, 0.15) is 73.3 Å². The van der Waals surface area contributed by atoms with Crippen LogP contribution in [0.25, 0.3) is 0 Å². The number of fused-ring (bicyclic) bond motifs is 3. The lowest BCUT2D eigenvalue weighted by atomic mass is 9.72. The van der Waals surface area contributed by atoms with Crippen LogP contribution >= 0.6 is 0 Å². The molecule has 0 aromatic heterocycles. The van der Waals surface area contributed by atoms with Crippen molar-refractivity contribution >= 4 is 5.97 Å². The number of hydrogen-bond acceptors (Lipinski definition) is 8. The van der Waals surface area contributed by atoms with Crippen molar-refractivity contribution in [1.82, 2.24) is 0 Å². The van der Waals surface area contributed by atoms with Gasteiger partial charge in [0, 0.05) is 5.92 Å². The van der Waals surface area contributed by atoms with Gasteiger partial charge in [0.15, 0.2) is 11.6 Å². The molecule has 0 radical (unpaired) electrons. The van der Waals surface area contributed by atoms with E-state index in [9.17, 15) is 9.90 Å². The van der Waals surface area contributed by atoms with Gasteiger partial charge in [0.05, 0.1) is 6.61 Å². The summed E-state index contributed by atoms with van der Waals surface area (Å²) in [7, 11) is 0. The summed E-state index contributed by atoms with van der Waals surface area (Å²) in [5.74, 6) is -1.79. The number of ether oxygens (including phenoxy) is 6. The minimum absolute atomic E-state index is 0.171. The maximum Gasteiger partial charge on any atom is 0.344 e. The average molecular weight is 533 g/mol. The fourth-order valence-corrected chi connectivity index (χ4v) is 7.15. The molecule has 0 bridgehead atoms. The molecule has 2 aliphatic carbocycles. The molecule has 2 aliphatic heterocycles. The van der Waals surface area contributed by atoms with Crippen LogP contribution in [0.4, 0.5) is 0 Å². The molecule has 8 nitrogen and oxygen atoms in total. The largest absolute Gasteiger partial charge is 0.460 e. The van der Waals surface area contributed by atoms with Gasteiger partial charge in [-0.2, -0.15) is 0 Å². The van der Waals surface area contributed by atoms with Crippen molar-refractivity contribution in [2.75, 3.05) is 0 Å². The molecule has 4 fully saturated rings. The molecule has 4 aliphatic rings. The lowest BCUT2D eigenvalue weighted by Crippen LogP contribution is -2.73. The van der Waals surface area contributed by atoms with Gasteiger partial charge in [0.1, 0.15) is 36.6 Å². The minimum Gasteiger partial charge on any atom is -0.460 e. The Balaban J connectivity index is 1.51. The Bertz CT molecular complexity index is 993. The van der Waals surface area contributed by atoms with Crippen molar-refractivity contribution in [3.63, 3.8) is 0 Å². The molecule has 3 unspecified atom stereocenters. The maximum atomic E-state index is 14.2. The summed E-state index contributed by atoms with van der Waals surface area (Å²) in [5, 5.41) is 12.5. The molecule has 1 aromatic carbocycles. The topological polar surface area (TPSA) is 92.7 Å². The summed E-state index contributed by atoms with van der Waals surface area (Å²) in [4.78, 5) is 14.2. The van der Waals surface area contributed by atoms with Gasteiger partial charge in [-0.3, -0.25) is 0 Å². The average Bonchev–Trinajstić information content (AvgIpc) is 3.34. The predicted molar refractivity (Wildman–Crippen MR) is 139 cm³/mol. The molecule has 0 amide bonds. The molecule has 38 heavy (non-hydrogen) atoms. The Morgan fingerprint density at radius 1 is 0.974 bits per heavy atom. The third kappa shape index (κ3) is 5.04. The van der Waals surface area contributed by atoms with E-state index in [2.05, 4.69) is 20.8 Å². The minimum atomic E-state index is -2.17. The highest BCUT2D eigenvalue weighted by Gasteiger charge is 2.73. The van der Waals surface area contributed by atoms with Crippen LogP contribution in [0.5, 0.6) is 0 Å². The second-order valence-corrected chi connectivity index (χ2v) is 12.8. The number of carbonyl (C=O) groups is 1. The van der Waals surface area contributed by atoms with Crippen LogP contribution in [0.3, 0.4) is 0 Å². The number of benzene rings is 1. The zero-order valence-corrected chi connectivity index (χ0v) is 23.7. The molecule has 2 heterocycles. The van der Waals surface area contributed by atoms with Gasteiger partial charge in [0.2, 0.25) is 5.60 Å². The first kappa shape index (κ1) is 28.0. The number of esters is 1. The van der Waals surface area contributed by atoms with Crippen LogP contribution in [0, 0.1) is 17.8 Å². The van der Waals surface area contributed by atoms with Crippen molar-refractivity contribution in [3.05, 3.63) is 35.9 Å². The van der Waals surface area contributed by atoms with Gasteiger partial charge in [-0.1, -0.05) is 57.5 Å². The molecule has 2 saturated carbocycles. The predicted octanol–water partition coefficient (Wildman–Crippen LogP) is 4.36.